The maximum atomic E-state index is 9.47. The summed E-state index contributed by atoms with van der Waals surface area (Å²) in [7, 11) is 0. The summed E-state index contributed by atoms with van der Waals surface area (Å²) in [4.78, 5) is 2.39. The van der Waals surface area contributed by atoms with Crippen molar-refractivity contribution < 1.29 is 5.11 Å². The van der Waals surface area contributed by atoms with E-state index in [0.29, 0.717) is 12.0 Å². The molecule has 16 heavy (non-hydrogen) atoms. The molecule has 1 heterocycles. The number of benzene rings is 1. The fraction of sp³-hybridized carbons (Fsp3) is 0.571. The minimum atomic E-state index is 0.270. The van der Waals surface area contributed by atoms with Crippen molar-refractivity contribution in [3.05, 3.63) is 35.4 Å². The van der Waals surface area contributed by atoms with E-state index in [4.69, 9.17) is 0 Å². The van der Waals surface area contributed by atoms with Gasteiger partial charge in [-0.2, -0.15) is 0 Å². The summed E-state index contributed by atoms with van der Waals surface area (Å²) < 4.78 is 0. The molecule has 0 unspecified atom stereocenters. The quantitative estimate of drug-likeness (QED) is 0.840. The fourth-order valence-corrected chi connectivity index (χ4v) is 2.50. The first-order valence-corrected chi connectivity index (χ1v) is 6.12. The van der Waals surface area contributed by atoms with Crippen molar-refractivity contribution in [2.24, 2.45) is 5.92 Å². The van der Waals surface area contributed by atoms with Crippen LogP contribution in [0, 0.1) is 5.92 Å². The maximum Gasteiger partial charge on any atom is 0.0587 e. The van der Waals surface area contributed by atoms with E-state index < -0.39 is 0 Å². The van der Waals surface area contributed by atoms with Crippen molar-refractivity contribution in [3.8, 4) is 0 Å². The smallest absolute Gasteiger partial charge is 0.0587 e. The van der Waals surface area contributed by atoms with Gasteiger partial charge in [-0.3, -0.25) is 4.90 Å². The Morgan fingerprint density at radius 2 is 1.75 bits per heavy atom. The highest BCUT2D eigenvalue weighted by molar-refractivity contribution is 5.30. The van der Waals surface area contributed by atoms with Crippen LogP contribution in [0.1, 0.15) is 31.4 Å². The number of fused-ring (bicyclic) bond motifs is 1. The third-order valence-corrected chi connectivity index (χ3v) is 3.34. The number of hydrogen-bond donors (Lipinski definition) is 1. The van der Waals surface area contributed by atoms with E-state index in [1.807, 2.05) is 0 Å². The maximum absolute atomic E-state index is 9.47. The highest BCUT2D eigenvalue weighted by Crippen LogP contribution is 2.26. The molecule has 0 amide bonds. The van der Waals surface area contributed by atoms with E-state index in [1.54, 1.807) is 0 Å². The molecule has 0 aromatic heterocycles. The van der Waals surface area contributed by atoms with Crippen molar-refractivity contribution in [1.82, 2.24) is 4.90 Å². The summed E-state index contributed by atoms with van der Waals surface area (Å²) in [6, 6.07) is 8.89. The van der Waals surface area contributed by atoms with E-state index in [2.05, 4.69) is 43.0 Å². The van der Waals surface area contributed by atoms with Gasteiger partial charge in [-0.1, -0.05) is 38.1 Å². The lowest BCUT2D eigenvalue weighted by Crippen LogP contribution is -2.34. The van der Waals surface area contributed by atoms with Gasteiger partial charge >= 0.3 is 0 Å². The molecule has 1 aromatic carbocycles. The van der Waals surface area contributed by atoms with Crippen molar-refractivity contribution in [3.63, 3.8) is 0 Å². The van der Waals surface area contributed by atoms with Gasteiger partial charge in [-0.15, -0.1) is 0 Å². The van der Waals surface area contributed by atoms with Crippen LogP contribution in [0.15, 0.2) is 24.3 Å². The molecular weight excluding hydrogens is 198 g/mol. The Balaban J connectivity index is 2.04. The summed E-state index contributed by atoms with van der Waals surface area (Å²) in [5.41, 5.74) is 2.84. The Hall–Kier alpha value is -0.860. The van der Waals surface area contributed by atoms with Gasteiger partial charge in [0.1, 0.15) is 0 Å². The zero-order chi connectivity index (χ0) is 11.5. The van der Waals surface area contributed by atoms with E-state index in [-0.39, 0.29) is 6.61 Å². The lowest BCUT2D eigenvalue weighted by atomic mass is 10.0. The summed E-state index contributed by atoms with van der Waals surface area (Å²) in [6.45, 7) is 6.69. The molecule has 0 radical (unpaired) electrons. The van der Waals surface area contributed by atoms with Crippen LogP contribution < -0.4 is 0 Å². The van der Waals surface area contributed by atoms with Gasteiger partial charge in [0.2, 0.25) is 0 Å². The average molecular weight is 219 g/mol. The van der Waals surface area contributed by atoms with Gasteiger partial charge in [0.15, 0.2) is 0 Å². The monoisotopic (exact) mass is 219 g/mol. The lowest BCUT2D eigenvalue weighted by Gasteiger charge is -2.27. The molecule has 1 aliphatic rings. The summed E-state index contributed by atoms with van der Waals surface area (Å²) in [5, 5.41) is 9.47. The molecule has 0 saturated heterocycles. The largest absolute Gasteiger partial charge is 0.395 e. The van der Waals surface area contributed by atoms with Crippen LogP contribution >= 0.6 is 0 Å². The lowest BCUT2D eigenvalue weighted by molar-refractivity contribution is 0.105. The molecule has 1 atom stereocenters. The predicted molar refractivity (Wildman–Crippen MR) is 66.0 cm³/mol. The van der Waals surface area contributed by atoms with E-state index >= 15 is 0 Å². The second-order valence-corrected chi connectivity index (χ2v) is 5.14. The summed E-state index contributed by atoms with van der Waals surface area (Å²) in [5.74, 6) is 0.640. The molecule has 0 spiro atoms. The number of nitrogens with zero attached hydrogens (tertiary/aromatic N) is 1. The Morgan fingerprint density at radius 3 is 2.19 bits per heavy atom. The molecule has 88 valence electrons. The minimum Gasteiger partial charge on any atom is -0.395 e. The summed E-state index contributed by atoms with van der Waals surface area (Å²) >= 11 is 0. The van der Waals surface area contributed by atoms with Gasteiger partial charge in [0.25, 0.3) is 0 Å². The normalized spacial score (nSPS) is 17.8. The van der Waals surface area contributed by atoms with Crippen LogP contribution in [0.5, 0.6) is 0 Å². The Morgan fingerprint density at radius 1 is 1.19 bits per heavy atom. The second-order valence-electron chi connectivity index (χ2n) is 5.14. The van der Waals surface area contributed by atoms with Crippen molar-refractivity contribution in [1.29, 1.82) is 0 Å². The van der Waals surface area contributed by atoms with Crippen LogP contribution in [-0.4, -0.2) is 22.7 Å². The molecule has 2 rings (SSSR count). The van der Waals surface area contributed by atoms with Crippen LogP contribution in [0.4, 0.5) is 0 Å². The van der Waals surface area contributed by atoms with Gasteiger partial charge in [-0.05, 0) is 23.5 Å². The second kappa shape index (κ2) is 4.98. The molecule has 1 N–H and O–H groups in total. The SMILES string of the molecule is CC(C)C[C@H](CO)N1Cc2ccccc2C1. The molecule has 1 aromatic rings. The van der Waals surface area contributed by atoms with Crippen LogP contribution in [0.2, 0.25) is 0 Å². The van der Waals surface area contributed by atoms with Crippen molar-refractivity contribution in [2.75, 3.05) is 6.61 Å². The standard InChI is InChI=1S/C14H21NO/c1-11(2)7-14(10-16)15-8-12-5-3-4-6-13(12)9-15/h3-6,11,14,16H,7-10H2,1-2H3/t14-/m1/s1. The number of aliphatic hydroxyl groups is 1. The number of rotatable bonds is 4. The van der Waals surface area contributed by atoms with Gasteiger partial charge in [0.05, 0.1) is 6.61 Å². The predicted octanol–water partition coefficient (Wildman–Crippen LogP) is 2.41. The Kier molecular flexibility index (Phi) is 3.62. The molecule has 2 nitrogen and oxygen atoms in total. The first kappa shape index (κ1) is 11.6. The molecule has 0 bridgehead atoms. The fourth-order valence-electron chi connectivity index (χ4n) is 2.50. The third kappa shape index (κ3) is 2.45. The number of aliphatic hydroxyl groups excluding tert-OH is 1. The minimum absolute atomic E-state index is 0.270. The first-order chi connectivity index (χ1) is 7.70. The van der Waals surface area contributed by atoms with E-state index in [1.165, 1.54) is 11.1 Å². The van der Waals surface area contributed by atoms with Gasteiger partial charge in [-0.25, -0.2) is 0 Å². The molecule has 0 saturated carbocycles. The average Bonchev–Trinajstić information content (AvgIpc) is 2.68. The number of hydrogen-bond acceptors (Lipinski definition) is 2. The molecule has 0 fully saturated rings. The molecule has 2 heteroatoms. The topological polar surface area (TPSA) is 23.5 Å². The highest BCUT2D eigenvalue weighted by atomic mass is 16.3. The van der Waals surface area contributed by atoms with Crippen molar-refractivity contribution in [2.45, 2.75) is 39.4 Å². The highest BCUT2D eigenvalue weighted by Gasteiger charge is 2.25. The summed E-state index contributed by atoms with van der Waals surface area (Å²) in [6.07, 6.45) is 1.07. The zero-order valence-electron chi connectivity index (χ0n) is 10.2. The van der Waals surface area contributed by atoms with Crippen LogP contribution in [-0.2, 0) is 13.1 Å². The Labute approximate surface area is 97.9 Å². The van der Waals surface area contributed by atoms with Crippen LogP contribution in [0.3, 0.4) is 0 Å². The van der Waals surface area contributed by atoms with E-state index in [0.717, 1.165) is 19.5 Å². The third-order valence-electron chi connectivity index (χ3n) is 3.34. The first-order valence-electron chi connectivity index (χ1n) is 6.12. The van der Waals surface area contributed by atoms with Crippen molar-refractivity contribution >= 4 is 0 Å². The van der Waals surface area contributed by atoms with Gasteiger partial charge < -0.3 is 5.11 Å². The molecule has 1 aliphatic heterocycles. The van der Waals surface area contributed by atoms with E-state index in [9.17, 15) is 5.11 Å². The zero-order valence-corrected chi connectivity index (χ0v) is 10.2. The van der Waals surface area contributed by atoms with Gasteiger partial charge in [0, 0.05) is 19.1 Å². The van der Waals surface area contributed by atoms with Crippen LogP contribution in [0.25, 0.3) is 0 Å². The molecule has 0 aliphatic carbocycles. The Bertz CT molecular complexity index is 323. The molecular formula is C14H21NO.